The van der Waals surface area contributed by atoms with Gasteiger partial charge in [-0.25, -0.2) is 0 Å². The molecule has 0 spiro atoms. The zero-order valence-corrected chi connectivity index (χ0v) is 19.6. The minimum absolute atomic E-state index is 0.0717. The van der Waals surface area contributed by atoms with Gasteiger partial charge in [0.1, 0.15) is 6.10 Å². The summed E-state index contributed by atoms with van der Waals surface area (Å²) in [6.07, 6.45) is 27.7. The van der Waals surface area contributed by atoms with E-state index < -0.39 is 0 Å². The Balaban J connectivity index is 3.22. The molecule has 3 nitrogen and oxygen atoms in total. The van der Waals surface area contributed by atoms with Gasteiger partial charge in [-0.1, -0.05) is 103 Å². The number of carbonyl (C=O) groups excluding carboxylic acids is 1. The SMILES string of the molecule is CCCCCCCC/C=C/CCCCCCCCCCCC(=O)OC(CC)CO. The maximum atomic E-state index is 11.6. The molecule has 29 heavy (non-hydrogen) atoms. The molecule has 1 N–H and O–H groups in total. The third-order valence-corrected chi connectivity index (χ3v) is 5.60. The molecule has 0 radical (unpaired) electrons. The highest BCUT2D eigenvalue weighted by atomic mass is 16.5. The van der Waals surface area contributed by atoms with Gasteiger partial charge in [0, 0.05) is 6.42 Å². The summed E-state index contributed by atoms with van der Waals surface area (Å²) >= 11 is 0. The fraction of sp³-hybridized carbons (Fsp3) is 0.885. The Bertz CT molecular complexity index is 361. The third kappa shape index (κ3) is 21.7. The van der Waals surface area contributed by atoms with Gasteiger partial charge in [0.25, 0.3) is 0 Å². The van der Waals surface area contributed by atoms with Crippen molar-refractivity contribution < 1.29 is 14.6 Å². The number of unbranched alkanes of at least 4 members (excludes halogenated alkanes) is 15. The van der Waals surface area contributed by atoms with E-state index in [2.05, 4.69) is 19.1 Å². The first-order valence-corrected chi connectivity index (χ1v) is 12.7. The number of ether oxygens (including phenoxy) is 1. The summed E-state index contributed by atoms with van der Waals surface area (Å²) in [5.41, 5.74) is 0. The van der Waals surface area contributed by atoms with Crippen LogP contribution in [0, 0.1) is 0 Å². The Labute approximate surface area is 181 Å². The molecule has 0 aliphatic heterocycles. The average Bonchev–Trinajstić information content (AvgIpc) is 2.73. The van der Waals surface area contributed by atoms with Crippen molar-refractivity contribution in [2.24, 2.45) is 0 Å². The van der Waals surface area contributed by atoms with E-state index in [0.29, 0.717) is 12.8 Å². The minimum Gasteiger partial charge on any atom is -0.460 e. The van der Waals surface area contributed by atoms with Gasteiger partial charge >= 0.3 is 5.97 Å². The van der Waals surface area contributed by atoms with Crippen molar-refractivity contribution in [1.82, 2.24) is 0 Å². The molecule has 3 heteroatoms. The van der Waals surface area contributed by atoms with Crippen molar-refractivity contribution >= 4 is 5.97 Å². The van der Waals surface area contributed by atoms with Gasteiger partial charge in [-0.2, -0.15) is 0 Å². The van der Waals surface area contributed by atoms with E-state index in [0.717, 1.165) is 12.8 Å². The lowest BCUT2D eigenvalue weighted by Crippen LogP contribution is -2.20. The Morgan fingerprint density at radius 1 is 0.724 bits per heavy atom. The van der Waals surface area contributed by atoms with Crippen LogP contribution in [-0.4, -0.2) is 23.8 Å². The summed E-state index contributed by atoms with van der Waals surface area (Å²) in [6, 6.07) is 0. The van der Waals surface area contributed by atoms with Crippen LogP contribution >= 0.6 is 0 Å². The Morgan fingerprint density at radius 3 is 1.62 bits per heavy atom. The van der Waals surface area contributed by atoms with Crippen LogP contribution in [0.25, 0.3) is 0 Å². The van der Waals surface area contributed by atoms with E-state index in [9.17, 15) is 4.79 Å². The van der Waals surface area contributed by atoms with Gasteiger partial charge in [0.05, 0.1) is 6.61 Å². The Morgan fingerprint density at radius 2 is 1.17 bits per heavy atom. The van der Waals surface area contributed by atoms with Crippen molar-refractivity contribution in [3.63, 3.8) is 0 Å². The van der Waals surface area contributed by atoms with Crippen LogP contribution in [0.3, 0.4) is 0 Å². The van der Waals surface area contributed by atoms with Crippen molar-refractivity contribution in [2.45, 2.75) is 142 Å². The van der Waals surface area contributed by atoms with Gasteiger partial charge in [0.2, 0.25) is 0 Å². The van der Waals surface area contributed by atoms with Crippen LogP contribution in [0.2, 0.25) is 0 Å². The summed E-state index contributed by atoms with van der Waals surface area (Å²) in [5.74, 6) is -0.160. The van der Waals surface area contributed by atoms with Crippen LogP contribution in [0.5, 0.6) is 0 Å². The summed E-state index contributed by atoms with van der Waals surface area (Å²) in [7, 11) is 0. The second-order valence-electron chi connectivity index (χ2n) is 8.45. The number of allylic oxidation sites excluding steroid dienone is 2. The predicted octanol–water partition coefficient (Wildman–Crippen LogP) is 7.90. The number of rotatable bonds is 22. The summed E-state index contributed by atoms with van der Waals surface area (Å²) in [6.45, 7) is 4.12. The number of aliphatic hydroxyl groups excluding tert-OH is 1. The lowest BCUT2D eigenvalue weighted by Gasteiger charge is -2.12. The fourth-order valence-corrected chi connectivity index (χ4v) is 3.54. The van der Waals surface area contributed by atoms with Crippen molar-refractivity contribution in [1.29, 1.82) is 0 Å². The maximum absolute atomic E-state index is 11.6. The predicted molar refractivity (Wildman–Crippen MR) is 125 cm³/mol. The third-order valence-electron chi connectivity index (χ3n) is 5.60. The molecule has 0 aliphatic rings. The van der Waals surface area contributed by atoms with Gasteiger partial charge < -0.3 is 9.84 Å². The molecule has 1 atom stereocenters. The van der Waals surface area contributed by atoms with E-state index in [4.69, 9.17) is 9.84 Å². The lowest BCUT2D eigenvalue weighted by molar-refractivity contribution is -0.151. The molecule has 0 saturated carbocycles. The van der Waals surface area contributed by atoms with Gasteiger partial charge in [-0.3, -0.25) is 4.79 Å². The topological polar surface area (TPSA) is 46.5 Å². The first-order valence-electron chi connectivity index (χ1n) is 12.7. The molecule has 0 fully saturated rings. The largest absolute Gasteiger partial charge is 0.460 e. The highest BCUT2D eigenvalue weighted by Crippen LogP contribution is 2.13. The van der Waals surface area contributed by atoms with Crippen molar-refractivity contribution in [2.75, 3.05) is 6.61 Å². The summed E-state index contributed by atoms with van der Waals surface area (Å²) in [5, 5.41) is 9.03. The smallest absolute Gasteiger partial charge is 0.306 e. The van der Waals surface area contributed by atoms with E-state index in [1.807, 2.05) is 6.92 Å². The highest BCUT2D eigenvalue weighted by molar-refractivity contribution is 5.69. The maximum Gasteiger partial charge on any atom is 0.306 e. The van der Waals surface area contributed by atoms with Gasteiger partial charge in [-0.05, 0) is 38.5 Å². The number of aliphatic hydroxyl groups is 1. The van der Waals surface area contributed by atoms with Gasteiger partial charge in [-0.15, -0.1) is 0 Å². The average molecular weight is 411 g/mol. The number of carbonyl (C=O) groups is 1. The molecular weight excluding hydrogens is 360 g/mol. The monoisotopic (exact) mass is 410 g/mol. The Hall–Kier alpha value is -0.830. The van der Waals surface area contributed by atoms with Crippen LogP contribution in [0.1, 0.15) is 136 Å². The zero-order valence-electron chi connectivity index (χ0n) is 19.6. The fourth-order valence-electron chi connectivity index (χ4n) is 3.54. The van der Waals surface area contributed by atoms with E-state index in [-0.39, 0.29) is 18.7 Å². The lowest BCUT2D eigenvalue weighted by atomic mass is 10.1. The first-order chi connectivity index (χ1) is 14.2. The molecule has 1 unspecified atom stereocenters. The van der Waals surface area contributed by atoms with E-state index in [1.165, 1.54) is 96.3 Å². The highest BCUT2D eigenvalue weighted by Gasteiger charge is 2.10. The van der Waals surface area contributed by atoms with E-state index >= 15 is 0 Å². The molecule has 0 rings (SSSR count). The zero-order chi connectivity index (χ0) is 21.4. The normalized spacial score (nSPS) is 12.5. The molecule has 0 aromatic carbocycles. The molecule has 172 valence electrons. The second kappa shape index (κ2) is 23.4. The molecule has 0 aromatic heterocycles. The summed E-state index contributed by atoms with van der Waals surface area (Å²) in [4.78, 5) is 11.6. The van der Waals surface area contributed by atoms with Crippen molar-refractivity contribution in [3.8, 4) is 0 Å². The molecule has 0 saturated heterocycles. The Kier molecular flexibility index (Phi) is 22.8. The number of hydrogen-bond donors (Lipinski definition) is 1. The molecule has 0 aliphatic carbocycles. The van der Waals surface area contributed by atoms with Crippen LogP contribution in [-0.2, 0) is 9.53 Å². The summed E-state index contributed by atoms with van der Waals surface area (Å²) < 4.78 is 5.19. The van der Waals surface area contributed by atoms with Gasteiger partial charge in [0.15, 0.2) is 0 Å². The molecule has 0 aromatic rings. The van der Waals surface area contributed by atoms with Crippen LogP contribution < -0.4 is 0 Å². The van der Waals surface area contributed by atoms with E-state index in [1.54, 1.807) is 0 Å². The quantitative estimate of drug-likeness (QED) is 0.112. The standard InChI is InChI=1S/C26H50O3/c1-3-5-6-7-8-9-10-11-12-13-14-15-16-17-18-19-20-21-22-23-26(28)29-25(4-2)24-27/h11-12,25,27H,3-10,13-24H2,1-2H3/b12-11+. The molecule has 0 amide bonds. The molecule has 0 heterocycles. The molecular formula is C26H50O3. The first kappa shape index (κ1) is 28.2. The minimum atomic E-state index is -0.321. The van der Waals surface area contributed by atoms with Crippen LogP contribution in [0.15, 0.2) is 12.2 Å². The van der Waals surface area contributed by atoms with Crippen LogP contribution in [0.4, 0.5) is 0 Å². The molecule has 0 bridgehead atoms. The number of esters is 1. The van der Waals surface area contributed by atoms with Crippen molar-refractivity contribution in [3.05, 3.63) is 12.2 Å². The second-order valence-corrected chi connectivity index (χ2v) is 8.45. The number of hydrogen-bond acceptors (Lipinski definition) is 3.